The molecule has 0 aliphatic carbocycles. The predicted molar refractivity (Wildman–Crippen MR) is 172 cm³/mol. The molecule has 0 bridgehead atoms. The minimum absolute atomic E-state index is 0.159. The Kier molecular flexibility index (Phi) is 8.78. The van der Waals surface area contributed by atoms with Crippen LogP contribution in [0.15, 0.2) is 95.0 Å². The second-order valence-corrected chi connectivity index (χ2v) is 11.1. The van der Waals surface area contributed by atoms with Crippen molar-refractivity contribution < 1.29 is 23.9 Å². The van der Waals surface area contributed by atoms with Crippen molar-refractivity contribution in [1.29, 1.82) is 0 Å². The zero-order valence-electron chi connectivity index (χ0n) is 24.4. The second-order valence-electron chi connectivity index (χ2n) is 10.2. The second kappa shape index (κ2) is 12.7. The molecule has 0 spiro atoms. The molecule has 43 heavy (non-hydrogen) atoms. The van der Waals surface area contributed by atoms with Crippen molar-refractivity contribution in [2.75, 3.05) is 16.4 Å². The molecule has 4 aromatic rings. The number of rotatable bonds is 8. The molecule has 0 atom stereocenters. The quantitative estimate of drug-likeness (QED) is 0.145. The smallest absolute Gasteiger partial charge is 0.343 e. The number of carbonyl (C=O) groups is 3. The molecule has 0 saturated carbocycles. The summed E-state index contributed by atoms with van der Waals surface area (Å²) in [4.78, 5) is 43.8. The molecule has 0 radical (unpaired) electrons. The maximum atomic E-state index is 13.9. The molecule has 1 fully saturated rings. The molecule has 0 N–H and O–H groups in total. The van der Waals surface area contributed by atoms with Crippen molar-refractivity contribution >= 4 is 51.2 Å². The van der Waals surface area contributed by atoms with Gasteiger partial charge in [0.15, 0.2) is 11.5 Å². The Morgan fingerprint density at radius 2 is 1.30 bits per heavy atom. The van der Waals surface area contributed by atoms with Crippen LogP contribution >= 0.6 is 15.9 Å². The van der Waals surface area contributed by atoms with Gasteiger partial charge >= 0.3 is 6.03 Å². The summed E-state index contributed by atoms with van der Waals surface area (Å²) in [5.74, 6) is -0.455. The Bertz CT molecular complexity index is 1680. The number of carbonyl (C=O) groups excluding carboxylic acids is 3. The maximum Gasteiger partial charge on any atom is 0.343 e. The lowest BCUT2D eigenvalue weighted by molar-refractivity contribution is -0.121. The van der Waals surface area contributed by atoms with Gasteiger partial charge < -0.3 is 9.47 Å². The van der Waals surface area contributed by atoms with E-state index in [2.05, 4.69) is 15.9 Å². The Labute approximate surface area is 259 Å². The SMILES string of the molecule is CCOc1cc(C=C2C(=O)N(c3ccccc3C)C(=O)N(c3ccccc3C)C2=O)cc(Br)c1OCc1ccc(C)cc1. The Morgan fingerprint density at radius 1 is 0.744 bits per heavy atom. The molecule has 1 aliphatic heterocycles. The standard InChI is InChI=1S/C35H31BrN2O5/c1-5-42-31-20-26(19-28(36)32(31)43-21-25-16-14-22(2)15-17-25)18-27-33(39)37(29-12-8-6-10-23(29)3)35(41)38(34(27)40)30-13-9-7-11-24(30)4/h6-20H,5,21H2,1-4H3. The zero-order chi connectivity index (χ0) is 30.7. The summed E-state index contributed by atoms with van der Waals surface area (Å²) >= 11 is 3.59. The van der Waals surface area contributed by atoms with Gasteiger partial charge in [-0.1, -0.05) is 66.2 Å². The first-order valence-electron chi connectivity index (χ1n) is 13.9. The Morgan fingerprint density at radius 3 is 1.84 bits per heavy atom. The number of para-hydroxylation sites is 2. The van der Waals surface area contributed by atoms with E-state index in [0.717, 1.165) is 32.1 Å². The van der Waals surface area contributed by atoms with E-state index < -0.39 is 17.8 Å². The summed E-state index contributed by atoms with van der Waals surface area (Å²) in [6.07, 6.45) is 1.49. The van der Waals surface area contributed by atoms with Crippen molar-refractivity contribution in [2.24, 2.45) is 0 Å². The van der Waals surface area contributed by atoms with Gasteiger partial charge in [0.2, 0.25) is 0 Å². The number of hydrogen-bond acceptors (Lipinski definition) is 5. The van der Waals surface area contributed by atoms with Crippen molar-refractivity contribution in [3.63, 3.8) is 0 Å². The molecule has 4 amide bonds. The number of halogens is 1. The van der Waals surface area contributed by atoms with E-state index in [1.54, 1.807) is 36.4 Å². The topological polar surface area (TPSA) is 76.2 Å². The van der Waals surface area contributed by atoms with E-state index in [-0.39, 0.29) is 5.57 Å². The maximum absolute atomic E-state index is 13.9. The number of hydrogen-bond donors (Lipinski definition) is 0. The Balaban J connectivity index is 1.58. The highest BCUT2D eigenvalue weighted by molar-refractivity contribution is 9.10. The normalized spacial score (nSPS) is 13.4. The molecule has 1 saturated heterocycles. The van der Waals surface area contributed by atoms with E-state index in [9.17, 15) is 14.4 Å². The van der Waals surface area contributed by atoms with Gasteiger partial charge in [-0.25, -0.2) is 14.6 Å². The Hall–Kier alpha value is -4.69. The van der Waals surface area contributed by atoms with Crippen LogP contribution in [0.1, 0.15) is 34.7 Å². The van der Waals surface area contributed by atoms with Crippen LogP contribution in [0.5, 0.6) is 11.5 Å². The summed E-state index contributed by atoms with van der Waals surface area (Å²) in [5.41, 5.74) is 4.79. The third kappa shape index (κ3) is 6.10. The lowest BCUT2D eigenvalue weighted by Gasteiger charge is -2.35. The van der Waals surface area contributed by atoms with Gasteiger partial charge in [-0.2, -0.15) is 0 Å². The van der Waals surface area contributed by atoms with Crippen LogP contribution in [0.3, 0.4) is 0 Å². The van der Waals surface area contributed by atoms with Gasteiger partial charge in [0.05, 0.1) is 22.5 Å². The highest BCUT2D eigenvalue weighted by atomic mass is 79.9. The summed E-state index contributed by atoms with van der Waals surface area (Å²) in [6, 6.07) is 25.0. The average Bonchev–Trinajstić information content (AvgIpc) is 2.98. The third-order valence-corrected chi connectivity index (χ3v) is 7.70. The van der Waals surface area contributed by atoms with Crippen LogP contribution in [0, 0.1) is 20.8 Å². The van der Waals surface area contributed by atoms with E-state index in [1.807, 2.05) is 76.2 Å². The number of anilines is 2. The number of benzene rings is 4. The first-order valence-corrected chi connectivity index (χ1v) is 14.7. The highest BCUT2D eigenvalue weighted by Crippen LogP contribution is 2.39. The molecule has 1 aliphatic rings. The van der Waals surface area contributed by atoms with E-state index in [0.29, 0.717) is 46.1 Å². The summed E-state index contributed by atoms with van der Waals surface area (Å²) in [6.45, 7) is 8.23. The lowest BCUT2D eigenvalue weighted by atomic mass is 10.0. The number of aryl methyl sites for hydroxylation is 3. The van der Waals surface area contributed by atoms with Crippen molar-refractivity contribution in [1.82, 2.24) is 0 Å². The van der Waals surface area contributed by atoms with Crippen molar-refractivity contribution in [3.05, 3.63) is 123 Å². The number of imide groups is 2. The van der Waals surface area contributed by atoms with Crippen LogP contribution in [0.4, 0.5) is 16.2 Å². The zero-order valence-corrected chi connectivity index (χ0v) is 26.0. The third-order valence-electron chi connectivity index (χ3n) is 7.11. The van der Waals surface area contributed by atoms with E-state index in [1.165, 1.54) is 6.08 Å². The number of ether oxygens (including phenoxy) is 2. The molecule has 4 aromatic carbocycles. The van der Waals surface area contributed by atoms with Crippen LogP contribution in [0.2, 0.25) is 0 Å². The van der Waals surface area contributed by atoms with Gasteiger partial charge in [0.25, 0.3) is 11.8 Å². The fourth-order valence-electron chi connectivity index (χ4n) is 4.86. The minimum Gasteiger partial charge on any atom is -0.490 e. The fraction of sp³-hybridized carbons (Fsp3) is 0.171. The van der Waals surface area contributed by atoms with Crippen LogP contribution < -0.4 is 19.3 Å². The molecule has 5 rings (SSSR count). The number of amides is 4. The van der Waals surface area contributed by atoms with Crippen LogP contribution in [-0.4, -0.2) is 24.5 Å². The number of nitrogens with zero attached hydrogens (tertiary/aromatic N) is 2. The highest BCUT2D eigenvalue weighted by Gasteiger charge is 2.44. The summed E-state index contributed by atoms with van der Waals surface area (Å²) < 4.78 is 12.6. The van der Waals surface area contributed by atoms with Gasteiger partial charge in [0, 0.05) is 0 Å². The largest absolute Gasteiger partial charge is 0.490 e. The lowest BCUT2D eigenvalue weighted by Crippen LogP contribution is -2.57. The molecule has 8 heteroatoms. The minimum atomic E-state index is -0.730. The molecular formula is C35H31BrN2O5. The van der Waals surface area contributed by atoms with Gasteiger partial charge in [-0.3, -0.25) is 9.59 Å². The van der Waals surface area contributed by atoms with Gasteiger partial charge in [0.1, 0.15) is 12.2 Å². The van der Waals surface area contributed by atoms with E-state index >= 15 is 0 Å². The summed E-state index contributed by atoms with van der Waals surface area (Å²) in [7, 11) is 0. The molecule has 7 nitrogen and oxygen atoms in total. The monoisotopic (exact) mass is 638 g/mol. The fourth-order valence-corrected chi connectivity index (χ4v) is 5.44. The van der Waals surface area contributed by atoms with Crippen molar-refractivity contribution in [3.8, 4) is 11.5 Å². The van der Waals surface area contributed by atoms with E-state index in [4.69, 9.17) is 9.47 Å². The molecular weight excluding hydrogens is 608 g/mol. The van der Waals surface area contributed by atoms with Crippen molar-refractivity contribution in [2.45, 2.75) is 34.3 Å². The van der Waals surface area contributed by atoms with Gasteiger partial charge in [-0.05, 0) is 96.2 Å². The average molecular weight is 640 g/mol. The van der Waals surface area contributed by atoms with Crippen LogP contribution in [-0.2, 0) is 16.2 Å². The van der Waals surface area contributed by atoms with Gasteiger partial charge in [-0.15, -0.1) is 0 Å². The molecule has 218 valence electrons. The number of urea groups is 1. The molecule has 0 aromatic heterocycles. The molecule has 0 unspecified atom stereocenters. The number of barbiturate groups is 1. The predicted octanol–water partition coefficient (Wildman–Crippen LogP) is 7.94. The van der Waals surface area contributed by atoms with Crippen LogP contribution in [0.25, 0.3) is 6.08 Å². The first kappa shape index (κ1) is 29.8. The first-order chi connectivity index (χ1) is 20.7. The molecule has 1 heterocycles. The summed E-state index contributed by atoms with van der Waals surface area (Å²) in [5, 5.41) is 0.